The third-order valence-corrected chi connectivity index (χ3v) is 6.16. The Kier molecular flexibility index (Phi) is 8.99. The normalized spacial score (nSPS) is 11.1. The van der Waals surface area contributed by atoms with E-state index in [0.29, 0.717) is 55.6 Å². The van der Waals surface area contributed by atoms with Crippen LogP contribution in [0.2, 0.25) is 0 Å². The van der Waals surface area contributed by atoms with Gasteiger partial charge in [-0.2, -0.15) is 0 Å². The highest BCUT2D eigenvalue weighted by atomic mass is 16.4. The van der Waals surface area contributed by atoms with Gasteiger partial charge in [0.25, 0.3) is 0 Å². The molecule has 2 N–H and O–H groups in total. The van der Waals surface area contributed by atoms with Gasteiger partial charge in [0.15, 0.2) is 0 Å². The van der Waals surface area contributed by atoms with Gasteiger partial charge in [-0.1, -0.05) is 6.92 Å². The number of unbranched alkanes of at least 4 members (excludes halogenated alkanes) is 2. The summed E-state index contributed by atoms with van der Waals surface area (Å²) < 4.78 is 4.92. The molecule has 0 atom stereocenters. The van der Waals surface area contributed by atoms with Crippen LogP contribution in [0.1, 0.15) is 73.0 Å². The van der Waals surface area contributed by atoms with Crippen molar-refractivity contribution in [2.24, 2.45) is 0 Å². The van der Waals surface area contributed by atoms with E-state index in [1.807, 2.05) is 36.7 Å². The van der Waals surface area contributed by atoms with Crippen molar-refractivity contribution in [2.75, 3.05) is 0 Å². The maximum atomic E-state index is 13.7. The molecule has 192 valence electrons. The molecule has 10 nitrogen and oxygen atoms in total. The van der Waals surface area contributed by atoms with Crippen molar-refractivity contribution in [1.82, 2.24) is 18.7 Å². The first kappa shape index (κ1) is 26.7. The number of rotatable bonds is 14. The van der Waals surface area contributed by atoms with Crippen molar-refractivity contribution >= 4 is 17.7 Å². The summed E-state index contributed by atoms with van der Waals surface area (Å²) in [7, 11) is 0. The molecule has 0 aliphatic carbocycles. The zero-order valence-corrected chi connectivity index (χ0v) is 20.6. The lowest BCUT2D eigenvalue weighted by atomic mass is 10.0. The maximum absolute atomic E-state index is 13.7. The number of benzene rings is 1. The zero-order valence-electron chi connectivity index (χ0n) is 20.6. The van der Waals surface area contributed by atoms with Crippen LogP contribution in [0.25, 0.3) is 5.69 Å². The average Bonchev–Trinajstić information content (AvgIpc) is 3.39. The Bertz CT molecular complexity index is 1280. The number of carbonyl (C=O) groups is 3. The van der Waals surface area contributed by atoms with Gasteiger partial charge in [-0.3, -0.25) is 23.5 Å². The predicted molar refractivity (Wildman–Crippen MR) is 133 cm³/mol. The quantitative estimate of drug-likeness (QED) is 0.258. The SMILES string of the molecule is CCc1c(C(=O)c2ccc(-n3ccnc3C)cc2)n(CCCCC(=O)O)c(=O)n1CCCCC(=O)O. The summed E-state index contributed by atoms with van der Waals surface area (Å²) >= 11 is 0. The predicted octanol–water partition coefficient (Wildman–Crippen LogP) is 3.45. The highest BCUT2D eigenvalue weighted by Gasteiger charge is 2.25. The summed E-state index contributed by atoms with van der Waals surface area (Å²) in [5, 5.41) is 17.8. The number of aliphatic carboxylic acids is 2. The first-order valence-electron chi connectivity index (χ1n) is 12.2. The van der Waals surface area contributed by atoms with Crippen molar-refractivity contribution in [3.05, 3.63) is 69.9 Å². The Labute approximate surface area is 208 Å². The second-order valence-electron chi connectivity index (χ2n) is 8.66. The van der Waals surface area contributed by atoms with Crippen LogP contribution in [0.3, 0.4) is 0 Å². The lowest BCUT2D eigenvalue weighted by Gasteiger charge is -2.10. The van der Waals surface area contributed by atoms with Gasteiger partial charge in [0, 0.05) is 49.6 Å². The van der Waals surface area contributed by atoms with Crippen LogP contribution in [0.4, 0.5) is 0 Å². The summed E-state index contributed by atoms with van der Waals surface area (Å²) in [4.78, 5) is 53.0. The number of carboxylic acids is 2. The van der Waals surface area contributed by atoms with E-state index in [1.165, 1.54) is 4.57 Å². The molecule has 0 spiro atoms. The van der Waals surface area contributed by atoms with Gasteiger partial charge in [0.05, 0.1) is 5.69 Å². The number of imidazole rings is 2. The van der Waals surface area contributed by atoms with Crippen molar-refractivity contribution in [1.29, 1.82) is 0 Å². The van der Waals surface area contributed by atoms with Gasteiger partial charge in [0.2, 0.25) is 5.78 Å². The van der Waals surface area contributed by atoms with Gasteiger partial charge in [-0.15, -0.1) is 0 Å². The highest BCUT2D eigenvalue weighted by molar-refractivity contribution is 6.08. The van der Waals surface area contributed by atoms with Crippen molar-refractivity contribution < 1.29 is 24.6 Å². The third-order valence-electron chi connectivity index (χ3n) is 6.16. The lowest BCUT2D eigenvalue weighted by molar-refractivity contribution is -0.138. The average molecular weight is 497 g/mol. The molecule has 0 amide bonds. The van der Waals surface area contributed by atoms with Crippen molar-refractivity contribution in [3.63, 3.8) is 0 Å². The number of ketones is 1. The number of hydrogen-bond acceptors (Lipinski definition) is 5. The number of aryl methyl sites for hydroxylation is 1. The molecule has 0 fully saturated rings. The summed E-state index contributed by atoms with van der Waals surface area (Å²) in [6, 6.07) is 7.09. The third kappa shape index (κ3) is 6.18. The number of carbonyl (C=O) groups excluding carboxylic acids is 1. The van der Waals surface area contributed by atoms with Gasteiger partial charge < -0.3 is 14.8 Å². The smallest absolute Gasteiger partial charge is 0.328 e. The molecule has 36 heavy (non-hydrogen) atoms. The lowest BCUT2D eigenvalue weighted by Crippen LogP contribution is -2.26. The topological polar surface area (TPSA) is 136 Å². The fourth-order valence-electron chi connectivity index (χ4n) is 4.34. The Morgan fingerprint density at radius 1 is 0.889 bits per heavy atom. The summed E-state index contributed by atoms with van der Waals surface area (Å²) in [5.74, 6) is -1.26. The van der Waals surface area contributed by atoms with E-state index in [0.717, 1.165) is 11.5 Å². The van der Waals surface area contributed by atoms with Gasteiger partial charge in [-0.05, 0) is 63.3 Å². The van der Waals surface area contributed by atoms with Crippen LogP contribution in [0, 0.1) is 6.92 Å². The van der Waals surface area contributed by atoms with E-state index < -0.39 is 11.9 Å². The minimum atomic E-state index is -0.905. The Morgan fingerprint density at radius 2 is 1.47 bits per heavy atom. The highest BCUT2D eigenvalue weighted by Crippen LogP contribution is 2.19. The minimum Gasteiger partial charge on any atom is -0.481 e. The van der Waals surface area contributed by atoms with Crippen LogP contribution in [0.5, 0.6) is 0 Å². The number of carboxylic acid groups (broad SMARTS) is 2. The van der Waals surface area contributed by atoms with Gasteiger partial charge >= 0.3 is 17.6 Å². The molecule has 1 aromatic carbocycles. The number of nitrogens with zero attached hydrogens (tertiary/aromatic N) is 4. The Balaban J connectivity index is 1.94. The molecule has 0 radical (unpaired) electrons. The van der Waals surface area contributed by atoms with Gasteiger partial charge in [0.1, 0.15) is 11.5 Å². The van der Waals surface area contributed by atoms with E-state index in [4.69, 9.17) is 10.2 Å². The molecular formula is C26H32N4O6. The Morgan fingerprint density at radius 3 is 1.97 bits per heavy atom. The fraction of sp³-hybridized carbons (Fsp3) is 0.423. The molecule has 0 aliphatic heterocycles. The van der Waals surface area contributed by atoms with E-state index in [9.17, 15) is 19.2 Å². The molecule has 0 saturated carbocycles. The number of hydrogen-bond donors (Lipinski definition) is 2. The molecule has 0 saturated heterocycles. The van der Waals surface area contributed by atoms with Crippen LogP contribution < -0.4 is 5.69 Å². The molecule has 0 aliphatic rings. The van der Waals surface area contributed by atoms with Crippen LogP contribution >= 0.6 is 0 Å². The molecule has 3 aromatic rings. The van der Waals surface area contributed by atoms with E-state index in [2.05, 4.69) is 4.98 Å². The first-order chi connectivity index (χ1) is 17.2. The minimum absolute atomic E-state index is 0.0102. The summed E-state index contributed by atoms with van der Waals surface area (Å²) in [6.45, 7) is 4.30. The maximum Gasteiger partial charge on any atom is 0.328 e. The van der Waals surface area contributed by atoms with E-state index in [-0.39, 0.29) is 30.9 Å². The molecular weight excluding hydrogens is 464 g/mol. The molecule has 0 bridgehead atoms. The Hall–Kier alpha value is -3.95. The molecule has 3 rings (SSSR count). The second-order valence-corrected chi connectivity index (χ2v) is 8.66. The van der Waals surface area contributed by atoms with Crippen molar-refractivity contribution in [2.45, 2.75) is 71.9 Å². The van der Waals surface area contributed by atoms with Gasteiger partial charge in [-0.25, -0.2) is 9.78 Å². The number of aromatic nitrogens is 4. The zero-order chi connectivity index (χ0) is 26.2. The standard InChI is InChI=1S/C26H32N4O6/c1-3-21-24(25(35)19-10-12-20(13-11-19)28-17-14-27-18(28)2)30(16-7-5-9-23(33)34)26(36)29(21)15-6-4-8-22(31)32/h10-14,17H,3-9,15-16H2,1-2H3,(H,31,32)(H,33,34). The second kappa shape index (κ2) is 12.1. The molecule has 2 aromatic heterocycles. The first-order valence-corrected chi connectivity index (χ1v) is 12.2. The molecule has 10 heteroatoms. The molecule has 0 unspecified atom stereocenters. The van der Waals surface area contributed by atoms with Crippen LogP contribution in [-0.4, -0.2) is 46.6 Å². The van der Waals surface area contributed by atoms with Crippen LogP contribution in [0.15, 0.2) is 41.5 Å². The monoisotopic (exact) mass is 496 g/mol. The fourth-order valence-corrected chi connectivity index (χ4v) is 4.34. The summed E-state index contributed by atoms with van der Waals surface area (Å²) in [5.41, 5.74) is 1.88. The largest absolute Gasteiger partial charge is 0.481 e. The van der Waals surface area contributed by atoms with E-state index in [1.54, 1.807) is 22.9 Å². The van der Waals surface area contributed by atoms with Crippen LogP contribution in [-0.2, 0) is 29.1 Å². The van der Waals surface area contributed by atoms with E-state index >= 15 is 0 Å². The molecule has 2 heterocycles. The van der Waals surface area contributed by atoms with Crippen molar-refractivity contribution in [3.8, 4) is 5.69 Å². The summed E-state index contributed by atoms with van der Waals surface area (Å²) in [6.07, 6.45) is 5.73.